The van der Waals surface area contributed by atoms with Crippen molar-refractivity contribution >= 4 is 17.2 Å². The molecule has 0 aliphatic rings. The number of benzene rings is 2. The first-order valence-corrected chi connectivity index (χ1v) is 9.34. The normalized spacial score (nSPS) is 10.9. The van der Waals surface area contributed by atoms with E-state index in [1.807, 2.05) is 41.8 Å². The van der Waals surface area contributed by atoms with Crippen LogP contribution in [0.1, 0.15) is 11.1 Å². The molecule has 2 heterocycles. The molecule has 0 saturated carbocycles. The van der Waals surface area contributed by atoms with Gasteiger partial charge in [-0.05, 0) is 49.2 Å². The first kappa shape index (κ1) is 17.2. The predicted octanol–water partition coefficient (Wildman–Crippen LogP) is 4.27. The summed E-state index contributed by atoms with van der Waals surface area (Å²) >= 11 is 1.49. The molecule has 0 saturated heterocycles. The van der Waals surface area contributed by atoms with Crippen molar-refractivity contribution in [1.82, 2.24) is 20.0 Å². The van der Waals surface area contributed by atoms with Gasteiger partial charge in [-0.2, -0.15) is 4.68 Å². The predicted molar refractivity (Wildman–Crippen MR) is 108 cm³/mol. The Labute approximate surface area is 161 Å². The molecule has 2 aromatic carbocycles. The van der Waals surface area contributed by atoms with Crippen molar-refractivity contribution in [2.75, 3.05) is 12.8 Å². The van der Waals surface area contributed by atoms with Gasteiger partial charge in [0.25, 0.3) is 0 Å². The zero-order chi connectivity index (χ0) is 19.0. The van der Waals surface area contributed by atoms with E-state index in [1.165, 1.54) is 22.5 Å². The van der Waals surface area contributed by atoms with Crippen molar-refractivity contribution in [1.29, 1.82) is 0 Å². The minimum Gasteiger partial charge on any atom is -0.497 e. The highest BCUT2D eigenvalue weighted by Gasteiger charge is 2.17. The Morgan fingerprint density at radius 3 is 2.70 bits per heavy atom. The number of rotatable bonds is 4. The molecule has 136 valence electrons. The van der Waals surface area contributed by atoms with E-state index in [9.17, 15) is 0 Å². The highest BCUT2D eigenvalue weighted by atomic mass is 32.1. The molecule has 0 atom stereocenters. The summed E-state index contributed by atoms with van der Waals surface area (Å²) in [5.41, 5.74) is 12.1. The molecule has 0 fully saturated rings. The minimum absolute atomic E-state index is 0.477. The lowest BCUT2D eigenvalue weighted by molar-refractivity contribution is 0.415. The van der Waals surface area contributed by atoms with Crippen molar-refractivity contribution in [3.05, 3.63) is 59.0 Å². The summed E-state index contributed by atoms with van der Waals surface area (Å²) in [5.74, 6) is 1.27. The highest BCUT2D eigenvalue weighted by Crippen LogP contribution is 2.32. The summed E-state index contributed by atoms with van der Waals surface area (Å²) in [5, 5.41) is 11.2. The Hall–Kier alpha value is -3.19. The summed E-state index contributed by atoms with van der Waals surface area (Å²) < 4.78 is 6.93. The fourth-order valence-corrected chi connectivity index (χ4v) is 3.61. The third-order valence-corrected chi connectivity index (χ3v) is 5.36. The molecule has 0 aliphatic carbocycles. The smallest absolute Gasteiger partial charge is 0.165 e. The average Bonchev–Trinajstić information content (AvgIpc) is 3.31. The maximum atomic E-state index is 6.33. The van der Waals surface area contributed by atoms with E-state index in [2.05, 4.69) is 30.2 Å². The van der Waals surface area contributed by atoms with Gasteiger partial charge in [0.1, 0.15) is 10.8 Å². The average molecular weight is 377 g/mol. The molecule has 4 aromatic rings. The van der Waals surface area contributed by atoms with Crippen LogP contribution in [0.5, 0.6) is 5.75 Å². The molecule has 27 heavy (non-hydrogen) atoms. The van der Waals surface area contributed by atoms with E-state index in [-0.39, 0.29) is 0 Å². The second kappa shape index (κ2) is 6.85. The molecule has 0 radical (unpaired) electrons. The van der Waals surface area contributed by atoms with Crippen LogP contribution < -0.4 is 10.5 Å². The van der Waals surface area contributed by atoms with Crippen LogP contribution in [0.3, 0.4) is 0 Å². The number of hydrogen-bond acceptors (Lipinski definition) is 6. The fourth-order valence-electron chi connectivity index (χ4n) is 2.79. The van der Waals surface area contributed by atoms with Gasteiger partial charge in [0.2, 0.25) is 0 Å². The van der Waals surface area contributed by atoms with Gasteiger partial charge in [0.15, 0.2) is 11.5 Å². The number of aromatic nitrogens is 4. The number of nitrogens with two attached hydrogens (primary N) is 1. The Balaban J connectivity index is 1.70. The molecule has 6 nitrogen and oxygen atoms in total. The third kappa shape index (κ3) is 3.17. The van der Waals surface area contributed by atoms with Crippen LogP contribution in [0.25, 0.3) is 27.6 Å². The number of ether oxygens (including phenoxy) is 1. The standard InChI is InChI=1S/C20H19N5OS/c1-12-7-8-15(9-13(12)2)25-19(21)18(23-24-25)20-22-17(11-27-20)14-5-4-6-16(10-14)26-3/h4-11H,21H2,1-3H3. The zero-order valence-corrected chi connectivity index (χ0v) is 16.1. The van der Waals surface area contributed by atoms with Gasteiger partial charge in [0, 0.05) is 10.9 Å². The van der Waals surface area contributed by atoms with E-state index in [0.29, 0.717) is 11.5 Å². The monoisotopic (exact) mass is 377 g/mol. The van der Waals surface area contributed by atoms with Crippen LogP contribution in [-0.4, -0.2) is 27.1 Å². The number of nitrogen functional groups attached to an aromatic ring is 1. The molecule has 0 spiro atoms. The van der Waals surface area contributed by atoms with E-state index in [4.69, 9.17) is 15.5 Å². The number of methoxy groups -OCH3 is 1. The minimum atomic E-state index is 0.477. The van der Waals surface area contributed by atoms with Gasteiger partial charge in [-0.1, -0.05) is 23.4 Å². The topological polar surface area (TPSA) is 78.9 Å². The molecular formula is C20H19N5OS. The quantitative estimate of drug-likeness (QED) is 0.575. The van der Waals surface area contributed by atoms with Gasteiger partial charge < -0.3 is 10.5 Å². The number of nitrogens with zero attached hydrogens (tertiary/aromatic N) is 4. The second-order valence-corrected chi connectivity index (χ2v) is 7.13. The van der Waals surface area contributed by atoms with Crippen LogP contribution in [-0.2, 0) is 0 Å². The Kier molecular flexibility index (Phi) is 4.37. The molecule has 2 aromatic heterocycles. The van der Waals surface area contributed by atoms with Crippen LogP contribution in [0, 0.1) is 13.8 Å². The number of aryl methyl sites for hydroxylation is 2. The summed E-state index contributed by atoms with van der Waals surface area (Å²) in [4.78, 5) is 4.69. The van der Waals surface area contributed by atoms with Crippen LogP contribution in [0.15, 0.2) is 47.8 Å². The van der Waals surface area contributed by atoms with Crippen LogP contribution >= 0.6 is 11.3 Å². The Morgan fingerprint density at radius 2 is 1.93 bits per heavy atom. The third-order valence-electron chi connectivity index (χ3n) is 4.51. The number of thiazole rings is 1. The SMILES string of the molecule is COc1cccc(-c2csc(-c3nnn(-c4ccc(C)c(C)c4)c3N)n2)c1. The largest absolute Gasteiger partial charge is 0.497 e. The lowest BCUT2D eigenvalue weighted by atomic mass is 10.1. The Bertz CT molecular complexity index is 1120. The van der Waals surface area contributed by atoms with Gasteiger partial charge in [-0.25, -0.2) is 4.98 Å². The van der Waals surface area contributed by atoms with Gasteiger partial charge in [-0.3, -0.25) is 0 Å². The highest BCUT2D eigenvalue weighted by molar-refractivity contribution is 7.13. The summed E-state index contributed by atoms with van der Waals surface area (Å²) in [6.07, 6.45) is 0. The molecular weight excluding hydrogens is 358 g/mol. The summed E-state index contributed by atoms with van der Waals surface area (Å²) in [6, 6.07) is 13.9. The van der Waals surface area contributed by atoms with Crippen molar-refractivity contribution in [2.45, 2.75) is 13.8 Å². The van der Waals surface area contributed by atoms with Crippen LogP contribution in [0.2, 0.25) is 0 Å². The fraction of sp³-hybridized carbons (Fsp3) is 0.150. The van der Waals surface area contributed by atoms with E-state index < -0.39 is 0 Å². The van der Waals surface area contributed by atoms with Gasteiger partial charge in [0.05, 0.1) is 18.5 Å². The van der Waals surface area contributed by atoms with Crippen molar-refractivity contribution in [2.24, 2.45) is 0 Å². The molecule has 7 heteroatoms. The van der Waals surface area contributed by atoms with E-state index >= 15 is 0 Å². The number of hydrogen-bond donors (Lipinski definition) is 1. The van der Waals surface area contributed by atoms with Gasteiger partial charge in [-0.15, -0.1) is 16.4 Å². The first-order chi connectivity index (χ1) is 13.1. The first-order valence-electron chi connectivity index (χ1n) is 8.46. The second-order valence-electron chi connectivity index (χ2n) is 6.27. The van der Waals surface area contributed by atoms with E-state index in [1.54, 1.807) is 11.8 Å². The van der Waals surface area contributed by atoms with Crippen molar-refractivity contribution in [3.8, 4) is 33.4 Å². The van der Waals surface area contributed by atoms with Crippen LogP contribution in [0.4, 0.5) is 5.82 Å². The lowest BCUT2D eigenvalue weighted by Crippen LogP contribution is -2.03. The number of anilines is 1. The zero-order valence-electron chi connectivity index (χ0n) is 15.3. The molecule has 0 amide bonds. The molecule has 0 unspecified atom stereocenters. The molecule has 2 N–H and O–H groups in total. The maximum absolute atomic E-state index is 6.33. The molecule has 0 bridgehead atoms. The van der Waals surface area contributed by atoms with Gasteiger partial charge >= 0.3 is 0 Å². The van der Waals surface area contributed by atoms with E-state index in [0.717, 1.165) is 27.7 Å². The summed E-state index contributed by atoms with van der Waals surface area (Å²) in [7, 11) is 1.65. The lowest BCUT2D eigenvalue weighted by Gasteiger charge is -2.06. The molecule has 4 rings (SSSR count). The Morgan fingerprint density at radius 1 is 1.07 bits per heavy atom. The van der Waals surface area contributed by atoms with Crippen molar-refractivity contribution < 1.29 is 4.74 Å². The summed E-state index contributed by atoms with van der Waals surface area (Å²) in [6.45, 7) is 4.14. The van der Waals surface area contributed by atoms with Crippen molar-refractivity contribution in [3.63, 3.8) is 0 Å². The maximum Gasteiger partial charge on any atom is 0.165 e. The molecule has 0 aliphatic heterocycles.